The van der Waals surface area contributed by atoms with Gasteiger partial charge in [-0.25, -0.2) is 4.98 Å². The molecule has 2 heterocycles. The molecule has 5 nitrogen and oxygen atoms in total. The first-order chi connectivity index (χ1) is 8.13. The minimum absolute atomic E-state index is 0.523. The summed E-state index contributed by atoms with van der Waals surface area (Å²) in [6.45, 7) is 1.98. The topological polar surface area (TPSA) is 69.9 Å². The molecule has 3 aromatic rings. The van der Waals surface area contributed by atoms with Gasteiger partial charge in [-0.3, -0.25) is 4.68 Å². The highest BCUT2D eigenvalue weighted by molar-refractivity contribution is 5.78. The van der Waals surface area contributed by atoms with E-state index < -0.39 is 0 Å². The Kier molecular flexibility index (Phi) is 1.95. The lowest BCUT2D eigenvalue weighted by Crippen LogP contribution is -1.92. The van der Waals surface area contributed by atoms with E-state index in [1.165, 1.54) is 0 Å². The van der Waals surface area contributed by atoms with Gasteiger partial charge in [-0.2, -0.15) is 5.10 Å². The van der Waals surface area contributed by atoms with E-state index in [1.807, 2.05) is 26.1 Å². The molecule has 0 aliphatic rings. The molecule has 0 aliphatic carbocycles. The minimum atomic E-state index is 0.523. The predicted molar refractivity (Wildman–Crippen MR) is 65.4 cm³/mol. The van der Waals surface area contributed by atoms with Crippen LogP contribution in [-0.4, -0.2) is 14.8 Å². The number of fused-ring (bicyclic) bond motifs is 1. The summed E-state index contributed by atoms with van der Waals surface area (Å²) in [5.74, 6) is 0.523. The van der Waals surface area contributed by atoms with Crippen LogP contribution in [0.3, 0.4) is 0 Å². The van der Waals surface area contributed by atoms with Gasteiger partial charge in [0.1, 0.15) is 11.2 Å². The molecule has 3 rings (SSSR count). The molecule has 0 saturated heterocycles. The lowest BCUT2D eigenvalue weighted by molar-refractivity contribution is 0.613. The molecule has 17 heavy (non-hydrogen) atoms. The molecule has 0 amide bonds. The first-order valence-corrected chi connectivity index (χ1v) is 5.30. The second-order valence-corrected chi connectivity index (χ2v) is 4.04. The zero-order chi connectivity index (χ0) is 12.0. The fourth-order valence-electron chi connectivity index (χ4n) is 1.72. The van der Waals surface area contributed by atoms with E-state index in [0.717, 1.165) is 16.9 Å². The van der Waals surface area contributed by atoms with Crippen molar-refractivity contribution in [2.45, 2.75) is 6.92 Å². The fraction of sp³-hybridized carbons (Fsp3) is 0.167. The third kappa shape index (κ3) is 1.56. The van der Waals surface area contributed by atoms with E-state index in [2.05, 4.69) is 10.1 Å². The number of rotatable bonds is 1. The van der Waals surface area contributed by atoms with E-state index in [-0.39, 0.29) is 0 Å². The van der Waals surface area contributed by atoms with Crippen molar-refractivity contribution in [1.82, 2.24) is 14.8 Å². The zero-order valence-corrected chi connectivity index (χ0v) is 9.64. The average molecular weight is 228 g/mol. The van der Waals surface area contributed by atoms with Crippen LogP contribution in [-0.2, 0) is 7.05 Å². The molecule has 0 unspecified atom stereocenters. The van der Waals surface area contributed by atoms with Crippen molar-refractivity contribution in [3.05, 3.63) is 30.0 Å². The Morgan fingerprint density at radius 3 is 2.82 bits per heavy atom. The lowest BCUT2D eigenvalue weighted by Gasteiger charge is -1.89. The van der Waals surface area contributed by atoms with Crippen LogP contribution in [0.1, 0.15) is 5.69 Å². The van der Waals surface area contributed by atoms with Crippen LogP contribution in [0.5, 0.6) is 0 Å². The van der Waals surface area contributed by atoms with E-state index in [4.69, 9.17) is 10.2 Å². The first kappa shape index (κ1) is 9.89. The molecule has 0 atom stereocenters. The summed E-state index contributed by atoms with van der Waals surface area (Å²) < 4.78 is 7.43. The molecule has 5 heteroatoms. The number of anilines is 1. The summed E-state index contributed by atoms with van der Waals surface area (Å²) in [5.41, 5.74) is 9.62. The molecule has 0 fully saturated rings. The van der Waals surface area contributed by atoms with Gasteiger partial charge >= 0.3 is 0 Å². The van der Waals surface area contributed by atoms with Crippen LogP contribution in [0.15, 0.2) is 28.7 Å². The van der Waals surface area contributed by atoms with Crippen molar-refractivity contribution >= 4 is 16.8 Å². The van der Waals surface area contributed by atoms with Crippen molar-refractivity contribution < 1.29 is 4.42 Å². The molecule has 86 valence electrons. The number of oxazole rings is 1. The van der Waals surface area contributed by atoms with Gasteiger partial charge in [0.05, 0.1) is 0 Å². The SMILES string of the molecule is Cc1cc(-c2nc3ccc(N)cc3o2)nn1C. The highest BCUT2D eigenvalue weighted by Gasteiger charge is 2.12. The monoisotopic (exact) mass is 228 g/mol. The summed E-state index contributed by atoms with van der Waals surface area (Å²) in [4.78, 5) is 4.38. The van der Waals surface area contributed by atoms with Gasteiger partial charge in [0, 0.05) is 24.5 Å². The number of nitrogen functional groups attached to an aromatic ring is 1. The Balaban J connectivity index is 2.17. The normalized spacial score (nSPS) is 11.2. The Hall–Kier alpha value is -2.30. The second-order valence-electron chi connectivity index (χ2n) is 4.04. The molecule has 0 radical (unpaired) electrons. The van der Waals surface area contributed by atoms with Gasteiger partial charge in [0.2, 0.25) is 5.89 Å². The lowest BCUT2D eigenvalue weighted by atomic mass is 10.3. The van der Waals surface area contributed by atoms with Gasteiger partial charge in [-0.15, -0.1) is 0 Å². The molecular formula is C12H12N4O. The molecule has 0 saturated carbocycles. The van der Waals surface area contributed by atoms with Gasteiger partial charge in [0.15, 0.2) is 5.58 Å². The maximum absolute atomic E-state index is 5.69. The van der Waals surface area contributed by atoms with E-state index in [1.54, 1.807) is 16.8 Å². The number of nitrogens with two attached hydrogens (primary N) is 1. The van der Waals surface area contributed by atoms with E-state index >= 15 is 0 Å². The van der Waals surface area contributed by atoms with Crippen LogP contribution in [0.4, 0.5) is 5.69 Å². The molecule has 0 bridgehead atoms. The summed E-state index contributed by atoms with van der Waals surface area (Å²) in [6, 6.07) is 7.35. The third-order valence-corrected chi connectivity index (χ3v) is 2.75. The third-order valence-electron chi connectivity index (χ3n) is 2.75. The number of nitrogens with zero attached hydrogens (tertiary/aromatic N) is 3. The van der Waals surface area contributed by atoms with Crippen molar-refractivity contribution in [2.75, 3.05) is 5.73 Å². The smallest absolute Gasteiger partial charge is 0.248 e. The largest absolute Gasteiger partial charge is 0.435 e. The standard InChI is InChI=1S/C12H12N4O/c1-7-5-10(15-16(7)2)12-14-9-4-3-8(13)6-11(9)17-12/h3-6H,13H2,1-2H3. The molecule has 0 spiro atoms. The number of aromatic nitrogens is 3. The minimum Gasteiger partial charge on any atom is -0.435 e. The molecule has 2 aromatic heterocycles. The molecule has 2 N–H and O–H groups in total. The van der Waals surface area contributed by atoms with E-state index in [0.29, 0.717) is 17.2 Å². The molecule has 1 aromatic carbocycles. The molecular weight excluding hydrogens is 216 g/mol. The van der Waals surface area contributed by atoms with Gasteiger partial charge in [0.25, 0.3) is 0 Å². The quantitative estimate of drug-likeness (QED) is 0.647. The maximum atomic E-state index is 5.69. The number of aryl methyl sites for hydroxylation is 2. The highest BCUT2D eigenvalue weighted by atomic mass is 16.3. The predicted octanol–water partition coefficient (Wildman–Crippen LogP) is 2.12. The van der Waals surface area contributed by atoms with Crippen molar-refractivity contribution in [3.8, 4) is 11.6 Å². The Morgan fingerprint density at radius 1 is 1.29 bits per heavy atom. The summed E-state index contributed by atoms with van der Waals surface area (Å²) in [7, 11) is 1.89. The van der Waals surface area contributed by atoms with Crippen molar-refractivity contribution in [3.63, 3.8) is 0 Å². The number of hydrogen-bond acceptors (Lipinski definition) is 4. The highest BCUT2D eigenvalue weighted by Crippen LogP contribution is 2.24. The van der Waals surface area contributed by atoms with Gasteiger partial charge < -0.3 is 10.2 Å². The zero-order valence-electron chi connectivity index (χ0n) is 9.64. The van der Waals surface area contributed by atoms with Crippen LogP contribution in [0, 0.1) is 6.92 Å². The fourth-order valence-corrected chi connectivity index (χ4v) is 1.72. The Morgan fingerprint density at radius 2 is 2.12 bits per heavy atom. The van der Waals surface area contributed by atoms with Gasteiger partial charge in [-0.05, 0) is 25.1 Å². The van der Waals surface area contributed by atoms with Gasteiger partial charge in [-0.1, -0.05) is 0 Å². The van der Waals surface area contributed by atoms with E-state index in [9.17, 15) is 0 Å². The first-order valence-electron chi connectivity index (χ1n) is 5.30. The number of benzene rings is 1. The van der Waals surface area contributed by atoms with Crippen LogP contribution < -0.4 is 5.73 Å². The average Bonchev–Trinajstić information content (AvgIpc) is 2.83. The van der Waals surface area contributed by atoms with Crippen LogP contribution >= 0.6 is 0 Å². The Bertz CT molecular complexity index is 676. The second kappa shape index (κ2) is 3.35. The van der Waals surface area contributed by atoms with Crippen molar-refractivity contribution in [1.29, 1.82) is 0 Å². The molecule has 0 aliphatic heterocycles. The maximum Gasteiger partial charge on any atom is 0.248 e. The summed E-state index contributed by atoms with van der Waals surface area (Å²) in [5, 5.41) is 4.33. The summed E-state index contributed by atoms with van der Waals surface area (Å²) in [6.07, 6.45) is 0. The number of hydrogen-bond donors (Lipinski definition) is 1. The van der Waals surface area contributed by atoms with Crippen LogP contribution in [0.2, 0.25) is 0 Å². The van der Waals surface area contributed by atoms with Crippen LogP contribution in [0.25, 0.3) is 22.7 Å². The summed E-state index contributed by atoms with van der Waals surface area (Å²) >= 11 is 0. The van der Waals surface area contributed by atoms with Crippen molar-refractivity contribution in [2.24, 2.45) is 7.05 Å². The Labute approximate surface area is 97.9 Å².